The summed E-state index contributed by atoms with van der Waals surface area (Å²) >= 11 is 2.15. The molecule has 29 heavy (non-hydrogen) atoms. The van der Waals surface area contributed by atoms with Crippen molar-refractivity contribution in [1.82, 2.24) is 10.2 Å². The molecule has 5 nitrogen and oxygen atoms in total. The SMILES string of the molecule is O=C(CN1C(=O)NC(c2ccccc2)(c2ccccc2)C1=O)c1ccc(I)cc1. The van der Waals surface area contributed by atoms with Crippen molar-refractivity contribution in [2.75, 3.05) is 6.54 Å². The van der Waals surface area contributed by atoms with Crippen molar-refractivity contribution in [2.24, 2.45) is 0 Å². The number of nitrogens with zero attached hydrogens (tertiary/aromatic N) is 1. The molecule has 0 aromatic heterocycles. The van der Waals surface area contributed by atoms with Crippen LogP contribution in [0.3, 0.4) is 0 Å². The number of halogens is 1. The van der Waals surface area contributed by atoms with Crippen LogP contribution < -0.4 is 5.32 Å². The van der Waals surface area contributed by atoms with Crippen molar-refractivity contribution in [1.29, 1.82) is 0 Å². The second-order valence-corrected chi connectivity index (χ2v) is 7.98. The summed E-state index contributed by atoms with van der Waals surface area (Å²) in [5, 5.41) is 2.85. The Bertz CT molecular complexity index is 1030. The number of hydrogen-bond donors (Lipinski definition) is 1. The lowest BCUT2D eigenvalue weighted by atomic mass is 9.82. The minimum absolute atomic E-state index is 0.290. The number of ketones is 1. The van der Waals surface area contributed by atoms with Crippen LogP contribution in [0, 0.1) is 3.57 Å². The fourth-order valence-corrected chi connectivity index (χ4v) is 3.88. The molecule has 3 aromatic carbocycles. The third-order valence-electron chi connectivity index (χ3n) is 4.99. The highest BCUT2D eigenvalue weighted by molar-refractivity contribution is 14.1. The van der Waals surface area contributed by atoms with E-state index in [1.165, 1.54) is 0 Å². The Labute approximate surface area is 181 Å². The van der Waals surface area contributed by atoms with Gasteiger partial charge in [0.25, 0.3) is 5.91 Å². The molecule has 1 fully saturated rings. The van der Waals surface area contributed by atoms with Crippen molar-refractivity contribution >= 4 is 40.3 Å². The van der Waals surface area contributed by atoms with E-state index < -0.39 is 17.5 Å². The van der Waals surface area contributed by atoms with E-state index in [4.69, 9.17) is 0 Å². The molecule has 0 bridgehead atoms. The first-order valence-corrected chi connectivity index (χ1v) is 10.1. The Morgan fingerprint density at radius 1 is 0.828 bits per heavy atom. The minimum Gasteiger partial charge on any atom is -0.315 e. The van der Waals surface area contributed by atoms with Crippen LogP contribution in [0.25, 0.3) is 0 Å². The second kappa shape index (κ2) is 7.79. The van der Waals surface area contributed by atoms with Crippen LogP contribution in [-0.4, -0.2) is 29.2 Å². The molecule has 1 aliphatic rings. The number of amides is 3. The molecule has 3 aromatic rings. The Kier molecular flexibility index (Phi) is 5.19. The van der Waals surface area contributed by atoms with E-state index in [1.807, 2.05) is 48.5 Å². The van der Waals surface area contributed by atoms with Gasteiger partial charge in [0.15, 0.2) is 11.3 Å². The number of imide groups is 1. The Morgan fingerprint density at radius 3 is 1.86 bits per heavy atom. The van der Waals surface area contributed by atoms with Gasteiger partial charge in [-0.1, -0.05) is 72.8 Å². The van der Waals surface area contributed by atoms with Gasteiger partial charge in [0.05, 0.1) is 6.54 Å². The van der Waals surface area contributed by atoms with Gasteiger partial charge in [-0.25, -0.2) is 4.79 Å². The third kappa shape index (κ3) is 3.44. The first-order chi connectivity index (χ1) is 14.0. The van der Waals surface area contributed by atoms with Gasteiger partial charge in [-0.05, 0) is 45.9 Å². The Hall–Kier alpha value is -3.00. The van der Waals surface area contributed by atoms with Crippen molar-refractivity contribution < 1.29 is 14.4 Å². The Balaban J connectivity index is 1.72. The fraction of sp³-hybridized carbons (Fsp3) is 0.0870. The molecular weight excluding hydrogens is 479 g/mol. The molecule has 4 rings (SSSR count). The molecule has 0 radical (unpaired) electrons. The van der Waals surface area contributed by atoms with Crippen molar-refractivity contribution in [2.45, 2.75) is 5.54 Å². The molecular formula is C23H17IN2O3. The molecule has 0 spiro atoms. The maximum Gasteiger partial charge on any atom is 0.325 e. The fourth-order valence-electron chi connectivity index (χ4n) is 3.52. The quantitative estimate of drug-likeness (QED) is 0.331. The summed E-state index contributed by atoms with van der Waals surface area (Å²) in [6.45, 7) is -0.313. The van der Waals surface area contributed by atoms with Gasteiger partial charge >= 0.3 is 6.03 Å². The molecule has 0 unspecified atom stereocenters. The number of Topliss-reactive ketones (excluding diaryl/α,β-unsaturated/α-hetero) is 1. The van der Waals surface area contributed by atoms with Crippen LogP contribution in [0.1, 0.15) is 21.5 Å². The van der Waals surface area contributed by atoms with Crippen LogP contribution in [0.5, 0.6) is 0 Å². The maximum absolute atomic E-state index is 13.5. The molecule has 3 amide bonds. The van der Waals surface area contributed by atoms with Gasteiger partial charge in [0, 0.05) is 9.13 Å². The zero-order valence-electron chi connectivity index (χ0n) is 15.3. The third-order valence-corrected chi connectivity index (χ3v) is 5.71. The predicted molar refractivity (Wildman–Crippen MR) is 117 cm³/mol. The molecule has 0 aliphatic carbocycles. The molecule has 1 saturated heterocycles. The van der Waals surface area contributed by atoms with Crippen LogP contribution >= 0.6 is 22.6 Å². The number of nitrogens with one attached hydrogen (secondary N) is 1. The van der Waals surface area contributed by atoms with Gasteiger partial charge in [0.2, 0.25) is 0 Å². The lowest BCUT2D eigenvalue weighted by Crippen LogP contribution is -2.45. The van der Waals surface area contributed by atoms with Gasteiger partial charge in [0.1, 0.15) is 0 Å². The maximum atomic E-state index is 13.5. The predicted octanol–water partition coefficient (Wildman–Crippen LogP) is 3.97. The highest BCUT2D eigenvalue weighted by atomic mass is 127. The van der Waals surface area contributed by atoms with Crippen LogP contribution in [0.15, 0.2) is 84.9 Å². The normalized spacial score (nSPS) is 15.3. The largest absolute Gasteiger partial charge is 0.325 e. The van der Waals surface area contributed by atoms with E-state index in [0.29, 0.717) is 16.7 Å². The van der Waals surface area contributed by atoms with E-state index in [2.05, 4.69) is 27.9 Å². The van der Waals surface area contributed by atoms with E-state index >= 15 is 0 Å². The summed E-state index contributed by atoms with van der Waals surface area (Å²) in [4.78, 5) is 40.1. The summed E-state index contributed by atoms with van der Waals surface area (Å²) in [6, 6.07) is 24.6. The average Bonchev–Trinajstić information content (AvgIpc) is 3.01. The smallest absolute Gasteiger partial charge is 0.315 e. The van der Waals surface area contributed by atoms with Gasteiger partial charge in [-0.3, -0.25) is 14.5 Å². The number of carbonyl (C=O) groups excluding carboxylic acids is 3. The lowest BCUT2D eigenvalue weighted by Gasteiger charge is -2.28. The summed E-state index contributed by atoms with van der Waals surface area (Å²) in [5.41, 5.74) is 0.400. The standard InChI is InChI=1S/C23H17IN2O3/c24-19-13-11-16(12-14-19)20(27)15-26-21(28)23(25-22(26)29,17-7-3-1-4-8-17)18-9-5-2-6-10-18/h1-14H,15H2,(H,25,29). The first kappa shape index (κ1) is 19.3. The molecule has 144 valence electrons. The summed E-state index contributed by atoms with van der Waals surface area (Å²) in [5.74, 6) is -0.749. The Morgan fingerprint density at radius 2 is 1.34 bits per heavy atom. The molecule has 0 saturated carbocycles. The molecule has 0 atom stereocenters. The van der Waals surface area contributed by atoms with Gasteiger partial charge < -0.3 is 5.32 Å². The van der Waals surface area contributed by atoms with Gasteiger partial charge in [-0.15, -0.1) is 0 Å². The molecule has 1 heterocycles. The summed E-state index contributed by atoms with van der Waals surface area (Å²) in [6.07, 6.45) is 0. The topological polar surface area (TPSA) is 66.5 Å². The number of urea groups is 1. The first-order valence-electron chi connectivity index (χ1n) is 9.06. The van der Waals surface area contributed by atoms with Crippen molar-refractivity contribution in [3.05, 3.63) is 105 Å². The van der Waals surface area contributed by atoms with Crippen molar-refractivity contribution in [3.63, 3.8) is 0 Å². The minimum atomic E-state index is -1.36. The average molecular weight is 496 g/mol. The summed E-state index contributed by atoms with van der Waals surface area (Å²) in [7, 11) is 0. The van der Waals surface area contributed by atoms with E-state index in [1.54, 1.807) is 36.4 Å². The van der Waals surface area contributed by atoms with Crippen LogP contribution in [0.2, 0.25) is 0 Å². The van der Waals surface area contributed by atoms with E-state index in [9.17, 15) is 14.4 Å². The number of rotatable bonds is 5. The molecule has 6 heteroatoms. The lowest BCUT2D eigenvalue weighted by molar-refractivity contribution is -0.129. The molecule has 1 N–H and O–H groups in total. The second-order valence-electron chi connectivity index (χ2n) is 6.73. The van der Waals surface area contributed by atoms with Crippen molar-refractivity contribution in [3.8, 4) is 0 Å². The summed E-state index contributed by atoms with van der Waals surface area (Å²) < 4.78 is 1.00. The number of hydrogen-bond acceptors (Lipinski definition) is 3. The van der Waals surface area contributed by atoms with E-state index in [-0.39, 0.29) is 12.3 Å². The zero-order chi connectivity index (χ0) is 20.4. The number of benzene rings is 3. The zero-order valence-corrected chi connectivity index (χ0v) is 17.5. The molecule has 1 aliphatic heterocycles. The monoisotopic (exact) mass is 496 g/mol. The van der Waals surface area contributed by atoms with Gasteiger partial charge in [-0.2, -0.15) is 0 Å². The highest BCUT2D eigenvalue weighted by Crippen LogP contribution is 2.36. The highest BCUT2D eigenvalue weighted by Gasteiger charge is 2.53. The number of carbonyl (C=O) groups is 3. The van der Waals surface area contributed by atoms with E-state index in [0.717, 1.165) is 8.47 Å². The van der Waals surface area contributed by atoms with Crippen LogP contribution in [0.4, 0.5) is 4.79 Å². The van der Waals surface area contributed by atoms with Crippen LogP contribution in [-0.2, 0) is 10.3 Å².